The minimum Gasteiger partial charge on any atom is -0.377 e. The standard InChI is InChI=1S/C25H35N3O3/c1-5-31-17-22-9-7-6-8-21(22)16-26-24(29)23(14-18(2)3)28-25(30)27-15-20-12-10-19(4)11-13-20/h6-13,18,23H,5,14-17H2,1-4H3,(H,26,29)(H2,27,28,30). The summed E-state index contributed by atoms with van der Waals surface area (Å²) in [5, 5.41) is 8.63. The first-order valence-corrected chi connectivity index (χ1v) is 10.9. The molecule has 0 aromatic heterocycles. The molecule has 3 amide bonds. The van der Waals surface area contributed by atoms with Crippen LogP contribution in [0.2, 0.25) is 0 Å². The summed E-state index contributed by atoms with van der Waals surface area (Å²) in [6.45, 7) is 9.99. The third-order valence-corrected chi connectivity index (χ3v) is 4.94. The molecule has 3 N–H and O–H groups in total. The van der Waals surface area contributed by atoms with Gasteiger partial charge < -0.3 is 20.7 Å². The van der Waals surface area contributed by atoms with Crippen molar-refractivity contribution in [2.24, 2.45) is 5.92 Å². The van der Waals surface area contributed by atoms with Gasteiger partial charge in [-0.15, -0.1) is 0 Å². The first kappa shape index (κ1) is 24.4. The lowest BCUT2D eigenvalue weighted by Crippen LogP contribution is -2.50. The van der Waals surface area contributed by atoms with Crippen LogP contribution in [0.25, 0.3) is 0 Å². The molecule has 0 fully saturated rings. The van der Waals surface area contributed by atoms with E-state index in [2.05, 4.69) is 16.0 Å². The molecule has 2 rings (SSSR count). The molecule has 1 atom stereocenters. The lowest BCUT2D eigenvalue weighted by atomic mass is 10.0. The summed E-state index contributed by atoms with van der Waals surface area (Å²) in [5.41, 5.74) is 4.24. The molecule has 0 aliphatic rings. The zero-order valence-electron chi connectivity index (χ0n) is 19.0. The smallest absolute Gasteiger partial charge is 0.315 e. The molecule has 0 bridgehead atoms. The van der Waals surface area contributed by atoms with E-state index >= 15 is 0 Å². The van der Waals surface area contributed by atoms with Crippen LogP contribution in [0, 0.1) is 12.8 Å². The minimum atomic E-state index is -0.600. The van der Waals surface area contributed by atoms with Crippen LogP contribution in [0.4, 0.5) is 4.79 Å². The van der Waals surface area contributed by atoms with E-state index in [0.29, 0.717) is 32.7 Å². The largest absolute Gasteiger partial charge is 0.377 e. The molecule has 31 heavy (non-hydrogen) atoms. The summed E-state index contributed by atoms with van der Waals surface area (Å²) in [6, 6.07) is 14.9. The highest BCUT2D eigenvalue weighted by molar-refractivity contribution is 5.87. The highest BCUT2D eigenvalue weighted by atomic mass is 16.5. The molecule has 0 radical (unpaired) electrons. The molecule has 0 saturated carbocycles. The Hall–Kier alpha value is -2.86. The molecule has 0 aliphatic carbocycles. The Labute approximate surface area is 185 Å². The molecule has 0 saturated heterocycles. The van der Waals surface area contributed by atoms with Gasteiger partial charge in [0.1, 0.15) is 6.04 Å². The van der Waals surface area contributed by atoms with Gasteiger partial charge in [0, 0.05) is 19.7 Å². The van der Waals surface area contributed by atoms with Crippen LogP contribution in [-0.4, -0.2) is 24.6 Å². The van der Waals surface area contributed by atoms with Gasteiger partial charge in [0.15, 0.2) is 0 Å². The molecule has 2 aromatic carbocycles. The molecule has 6 nitrogen and oxygen atoms in total. The number of urea groups is 1. The summed E-state index contributed by atoms with van der Waals surface area (Å²) < 4.78 is 5.51. The Morgan fingerprint density at radius 2 is 1.61 bits per heavy atom. The lowest BCUT2D eigenvalue weighted by molar-refractivity contribution is -0.123. The lowest BCUT2D eigenvalue weighted by Gasteiger charge is -2.21. The van der Waals surface area contributed by atoms with Crippen molar-refractivity contribution < 1.29 is 14.3 Å². The van der Waals surface area contributed by atoms with Gasteiger partial charge in [0.05, 0.1) is 6.61 Å². The number of hydrogen-bond donors (Lipinski definition) is 3. The summed E-state index contributed by atoms with van der Waals surface area (Å²) in [6.07, 6.45) is 0.560. The van der Waals surface area contributed by atoms with Gasteiger partial charge in [-0.2, -0.15) is 0 Å². The average molecular weight is 426 g/mol. The zero-order valence-corrected chi connectivity index (χ0v) is 19.0. The van der Waals surface area contributed by atoms with Crippen LogP contribution in [-0.2, 0) is 29.2 Å². The summed E-state index contributed by atoms with van der Waals surface area (Å²) in [4.78, 5) is 25.2. The second-order valence-electron chi connectivity index (χ2n) is 8.12. The second-order valence-corrected chi connectivity index (χ2v) is 8.12. The van der Waals surface area contributed by atoms with Gasteiger partial charge >= 0.3 is 6.03 Å². The van der Waals surface area contributed by atoms with Crippen molar-refractivity contribution in [3.8, 4) is 0 Å². The average Bonchev–Trinajstić information content (AvgIpc) is 2.75. The molecule has 0 aliphatic heterocycles. The summed E-state index contributed by atoms with van der Waals surface area (Å²) in [5.74, 6) is 0.0730. The third-order valence-electron chi connectivity index (χ3n) is 4.94. The molecule has 1 unspecified atom stereocenters. The molecular weight excluding hydrogens is 390 g/mol. The van der Waals surface area contributed by atoms with Gasteiger partial charge in [-0.05, 0) is 42.9 Å². The number of hydrogen-bond acceptors (Lipinski definition) is 3. The number of nitrogens with one attached hydrogen (secondary N) is 3. The monoisotopic (exact) mass is 425 g/mol. The van der Waals surface area contributed by atoms with Crippen LogP contribution in [0.5, 0.6) is 0 Å². The minimum absolute atomic E-state index is 0.189. The van der Waals surface area contributed by atoms with E-state index in [0.717, 1.165) is 16.7 Å². The third kappa shape index (κ3) is 8.80. The Kier molecular flexibility index (Phi) is 10.0. The van der Waals surface area contributed by atoms with Crippen molar-refractivity contribution in [1.29, 1.82) is 0 Å². The van der Waals surface area contributed by atoms with Crippen LogP contribution in [0.15, 0.2) is 48.5 Å². The second kappa shape index (κ2) is 12.7. The van der Waals surface area contributed by atoms with E-state index in [4.69, 9.17) is 4.74 Å². The van der Waals surface area contributed by atoms with Crippen molar-refractivity contribution in [2.45, 2.75) is 59.9 Å². The topological polar surface area (TPSA) is 79.5 Å². The van der Waals surface area contributed by atoms with Gasteiger partial charge in [0.25, 0.3) is 0 Å². The van der Waals surface area contributed by atoms with Crippen molar-refractivity contribution in [3.05, 3.63) is 70.8 Å². The number of benzene rings is 2. The number of carbonyl (C=O) groups excluding carboxylic acids is 2. The first-order chi connectivity index (χ1) is 14.9. The highest BCUT2D eigenvalue weighted by Crippen LogP contribution is 2.11. The van der Waals surface area contributed by atoms with Crippen molar-refractivity contribution in [2.75, 3.05) is 6.61 Å². The number of aryl methyl sites for hydroxylation is 1. The van der Waals surface area contributed by atoms with Crippen LogP contribution >= 0.6 is 0 Å². The van der Waals surface area contributed by atoms with Gasteiger partial charge in [0.2, 0.25) is 5.91 Å². The van der Waals surface area contributed by atoms with E-state index in [1.807, 2.05) is 76.2 Å². The number of rotatable bonds is 11. The molecule has 0 heterocycles. The fraction of sp³-hybridized carbons (Fsp3) is 0.440. The van der Waals surface area contributed by atoms with Crippen molar-refractivity contribution in [1.82, 2.24) is 16.0 Å². The van der Waals surface area contributed by atoms with E-state index in [1.54, 1.807) is 0 Å². The highest BCUT2D eigenvalue weighted by Gasteiger charge is 2.22. The van der Waals surface area contributed by atoms with Crippen molar-refractivity contribution >= 4 is 11.9 Å². The fourth-order valence-electron chi connectivity index (χ4n) is 3.19. The molecule has 168 valence electrons. The van der Waals surface area contributed by atoms with Crippen LogP contribution in [0.1, 0.15) is 49.4 Å². The zero-order chi connectivity index (χ0) is 22.6. The Morgan fingerprint density at radius 3 is 2.26 bits per heavy atom. The van der Waals surface area contributed by atoms with Crippen LogP contribution in [0.3, 0.4) is 0 Å². The maximum atomic E-state index is 12.8. The first-order valence-electron chi connectivity index (χ1n) is 10.9. The normalized spacial score (nSPS) is 11.8. The fourth-order valence-corrected chi connectivity index (χ4v) is 3.19. The predicted octanol–water partition coefficient (Wildman–Crippen LogP) is 4.06. The van der Waals surface area contributed by atoms with E-state index in [9.17, 15) is 9.59 Å². The predicted molar refractivity (Wildman–Crippen MR) is 123 cm³/mol. The van der Waals surface area contributed by atoms with E-state index < -0.39 is 6.04 Å². The SMILES string of the molecule is CCOCc1ccccc1CNC(=O)C(CC(C)C)NC(=O)NCc1ccc(C)cc1. The number of ether oxygens (including phenoxy) is 1. The maximum absolute atomic E-state index is 12.8. The Balaban J connectivity index is 1.92. The summed E-state index contributed by atoms with van der Waals surface area (Å²) >= 11 is 0. The van der Waals surface area contributed by atoms with Crippen LogP contribution < -0.4 is 16.0 Å². The Morgan fingerprint density at radius 1 is 0.935 bits per heavy atom. The van der Waals surface area contributed by atoms with Gasteiger partial charge in [-0.1, -0.05) is 67.9 Å². The molecule has 6 heteroatoms. The summed E-state index contributed by atoms with van der Waals surface area (Å²) in [7, 11) is 0. The quantitative estimate of drug-likeness (QED) is 0.508. The molecular formula is C25H35N3O3. The molecule has 2 aromatic rings. The van der Waals surface area contributed by atoms with E-state index in [1.165, 1.54) is 5.56 Å². The van der Waals surface area contributed by atoms with Gasteiger partial charge in [-0.3, -0.25) is 4.79 Å². The number of amides is 3. The Bertz CT molecular complexity index is 834. The molecule has 0 spiro atoms. The maximum Gasteiger partial charge on any atom is 0.315 e. The van der Waals surface area contributed by atoms with Gasteiger partial charge in [-0.25, -0.2) is 4.79 Å². The van der Waals surface area contributed by atoms with E-state index in [-0.39, 0.29) is 17.9 Å². The number of carbonyl (C=O) groups is 2. The van der Waals surface area contributed by atoms with Crippen molar-refractivity contribution in [3.63, 3.8) is 0 Å².